The molecule has 0 aliphatic heterocycles. The number of hydrogen-bond acceptors (Lipinski definition) is 7. The van der Waals surface area contributed by atoms with Crippen molar-refractivity contribution >= 4 is 29.0 Å². The highest BCUT2D eigenvalue weighted by molar-refractivity contribution is 8.00. The van der Waals surface area contributed by atoms with Gasteiger partial charge in [0.25, 0.3) is 5.22 Å². The highest BCUT2D eigenvalue weighted by Gasteiger charge is 2.19. The molecule has 2 aromatic rings. The molecule has 0 saturated heterocycles. The smallest absolute Gasteiger partial charge is 0.277 e. The standard InChI is InChI=1S/C13H18N4O2S2/c1-7(2)14-12(18)8(3)21-13-17-16-11(19-13)5-10-6-20-9(4)15-10/h6-8H,5H2,1-4H3,(H,14,18)/t8-/m0/s1. The first-order chi connectivity index (χ1) is 9.94. The third-order valence-electron chi connectivity index (χ3n) is 2.52. The van der Waals surface area contributed by atoms with Crippen LogP contribution in [0.5, 0.6) is 0 Å². The zero-order valence-corrected chi connectivity index (χ0v) is 14.0. The maximum Gasteiger partial charge on any atom is 0.277 e. The Bertz CT molecular complexity index is 609. The van der Waals surface area contributed by atoms with Crippen molar-refractivity contribution in [2.45, 2.75) is 50.6 Å². The van der Waals surface area contributed by atoms with E-state index in [0.717, 1.165) is 10.7 Å². The van der Waals surface area contributed by atoms with Crippen LogP contribution in [0.2, 0.25) is 0 Å². The quantitative estimate of drug-likeness (QED) is 0.821. The zero-order valence-electron chi connectivity index (χ0n) is 12.4. The van der Waals surface area contributed by atoms with Crippen LogP contribution in [0, 0.1) is 6.92 Å². The number of carbonyl (C=O) groups is 1. The van der Waals surface area contributed by atoms with Gasteiger partial charge in [0, 0.05) is 11.4 Å². The Labute approximate surface area is 131 Å². The van der Waals surface area contributed by atoms with Crippen molar-refractivity contribution in [1.82, 2.24) is 20.5 Å². The summed E-state index contributed by atoms with van der Waals surface area (Å²) >= 11 is 2.85. The van der Waals surface area contributed by atoms with Crippen molar-refractivity contribution in [2.75, 3.05) is 0 Å². The molecule has 2 aromatic heterocycles. The zero-order chi connectivity index (χ0) is 15.4. The number of nitrogens with one attached hydrogen (secondary N) is 1. The van der Waals surface area contributed by atoms with Crippen molar-refractivity contribution in [2.24, 2.45) is 0 Å². The van der Waals surface area contributed by atoms with Crippen LogP contribution in [0.3, 0.4) is 0 Å². The minimum atomic E-state index is -0.276. The number of aryl methyl sites for hydroxylation is 1. The molecule has 6 nitrogen and oxygen atoms in total. The molecule has 1 atom stereocenters. The van der Waals surface area contributed by atoms with Gasteiger partial charge in [0.1, 0.15) is 0 Å². The molecule has 0 fully saturated rings. The lowest BCUT2D eigenvalue weighted by Crippen LogP contribution is -2.35. The van der Waals surface area contributed by atoms with Gasteiger partial charge in [-0.05, 0) is 27.7 Å². The van der Waals surface area contributed by atoms with Crippen molar-refractivity contribution in [1.29, 1.82) is 0 Å². The summed E-state index contributed by atoms with van der Waals surface area (Å²) in [6, 6.07) is 0.117. The molecular weight excluding hydrogens is 308 g/mol. The maximum atomic E-state index is 11.8. The van der Waals surface area contributed by atoms with Gasteiger partial charge in [0.05, 0.1) is 22.4 Å². The van der Waals surface area contributed by atoms with Crippen LogP contribution in [0.4, 0.5) is 0 Å². The molecule has 0 radical (unpaired) electrons. The second-order valence-corrected chi connectivity index (χ2v) is 7.27. The summed E-state index contributed by atoms with van der Waals surface area (Å²) < 4.78 is 5.55. The van der Waals surface area contributed by atoms with Crippen molar-refractivity contribution in [3.63, 3.8) is 0 Å². The van der Waals surface area contributed by atoms with Crippen LogP contribution in [-0.4, -0.2) is 32.4 Å². The van der Waals surface area contributed by atoms with E-state index in [9.17, 15) is 4.79 Å². The van der Waals surface area contributed by atoms with Gasteiger partial charge >= 0.3 is 0 Å². The molecule has 1 amide bonds. The highest BCUT2D eigenvalue weighted by Crippen LogP contribution is 2.23. The normalized spacial score (nSPS) is 12.6. The molecule has 0 aliphatic rings. The van der Waals surface area contributed by atoms with Crippen LogP contribution >= 0.6 is 23.1 Å². The average Bonchev–Trinajstić information content (AvgIpc) is 2.98. The second kappa shape index (κ2) is 7.04. The number of carbonyl (C=O) groups excluding carboxylic acids is 1. The van der Waals surface area contributed by atoms with Crippen LogP contribution < -0.4 is 5.32 Å². The van der Waals surface area contributed by atoms with E-state index < -0.39 is 0 Å². The minimum Gasteiger partial charge on any atom is -0.416 e. The molecule has 0 unspecified atom stereocenters. The summed E-state index contributed by atoms with van der Waals surface area (Å²) in [5, 5.41) is 13.9. The highest BCUT2D eigenvalue weighted by atomic mass is 32.2. The first-order valence-electron chi connectivity index (χ1n) is 6.64. The fourth-order valence-electron chi connectivity index (χ4n) is 1.61. The van der Waals surface area contributed by atoms with Gasteiger partial charge in [-0.25, -0.2) is 4.98 Å². The topological polar surface area (TPSA) is 80.9 Å². The minimum absolute atomic E-state index is 0.0372. The van der Waals surface area contributed by atoms with E-state index in [0.29, 0.717) is 17.5 Å². The van der Waals surface area contributed by atoms with E-state index in [1.807, 2.05) is 33.1 Å². The number of nitrogens with zero attached hydrogens (tertiary/aromatic N) is 3. The monoisotopic (exact) mass is 326 g/mol. The van der Waals surface area contributed by atoms with Gasteiger partial charge < -0.3 is 9.73 Å². The van der Waals surface area contributed by atoms with Gasteiger partial charge in [-0.2, -0.15) is 0 Å². The summed E-state index contributed by atoms with van der Waals surface area (Å²) in [6.07, 6.45) is 0.518. The third-order valence-corrected chi connectivity index (χ3v) is 4.28. The first-order valence-corrected chi connectivity index (χ1v) is 8.40. The van der Waals surface area contributed by atoms with Crippen molar-refractivity contribution in [3.05, 3.63) is 22.0 Å². The Morgan fingerprint density at radius 2 is 2.19 bits per heavy atom. The molecule has 2 heterocycles. The number of rotatable bonds is 6. The predicted octanol–water partition coefficient (Wildman–Crippen LogP) is 2.43. The predicted molar refractivity (Wildman–Crippen MR) is 82.6 cm³/mol. The fourth-order valence-corrected chi connectivity index (χ4v) is 2.93. The molecule has 0 saturated carbocycles. The molecule has 0 bridgehead atoms. The summed E-state index contributed by atoms with van der Waals surface area (Å²) in [7, 11) is 0. The van der Waals surface area contributed by atoms with Gasteiger partial charge in [-0.1, -0.05) is 11.8 Å². The summed E-state index contributed by atoms with van der Waals surface area (Å²) in [5.41, 5.74) is 0.920. The Morgan fingerprint density at radius 3 is 2.81 bits per heavy atom. The van der Waals surface area contributed by atoms with Gasteiger partial charge in [-0.15, -0.1) is 21.5 Å². The molecular formula is C13H18N4O2S2. The molecule has 0 spiro atoms. The van der Waals surface area contributed by atoms with Crippen LogP contribution in [0.15, 0.2) is 15.0 Å². The largest absolute Gasteiger partial charge is 0.416 e. The molecule has 2 rings (SSSR count). The van der Waals surface area contributed by atoms with Gasteiger partial charge in [-0.3, -0.25) is 4.79 Å². The number of hydrogen-bond donors (Lipinski definition) is 1. The Morgan fingerprint density at radius 1 is 1.43 bits per heavy atom. The summed E-state index contributed by atoms with van der Waals surface area (Å²) in [6.45, 7) is 7.63. The lowest BCUT2D eigenvalue weighted by molar-refractivity contribution is -0.120. The van der Waals surface area contributed by atoms with E-state index in [-0.39, 0.29) is 17.2 Å². The molecule has 114 valence electrons. The second-order valence-electron chi connectivity index (χ2n) is 4.92. The molecule has 8 heteroatoms. The van der Waals surface area contributed by atoms with Crippen molar-refractivity contribution in [3.8, 4) is 0 Å². The first kappa shape index (κ1) is 16.0. The van der Waals surface area contributed by atoms with Crippen molar-refractivity contribution < 1.29 is 9.21 Å². The molecule has 0 aromatic carbocycles. The fraction of sp³-hybridized carbons (Fsp3) is 0.538. The van der Waals surface area contributed by atoms with E-state index in [2.05, 4.69) is 20.5 Å². The van der Waals surface area contributed by atoms with E-state index >= 15 is 0 Å². The van der Waals surface area contributed by atoms with Gasteiger partial charge in [0.2, 0.25) is 11.8 Å². The third kappa shape index (κ3) is 4.82. The van der Waals surface area contributed by atoms with E-state index in [4.69, 9.17) is 4.42 Å². The van der Waals surface area contributed by atoms with Crippen LogP contribution in [0.1, 0.15) is 37.4 Å². The molecule has 1 N–H and O–H groups in total. The Hall–Kier alpha value is -1.41. The Kier molecular flexibility index (Phi) is 5.35. The number of thioether (sulfide) groups is 1. The number of thiazole rings is 1. The maximum absolute atomic E-state index is 11.8. The van der Waals surface area contributed by atoms with Crippen LogP contribution in [0.25, 0.3) is 0 Å². The molecule has 0 aliphatic carbocycles. The summed E-state index contributed by atoms with van der Waals surface area (Å²) in [5.74, 6) is 0.476. The van der Waals surface area contributed by atoms with E-state index in [1.165, 1.54) is 11.8 Å². The lowest BCUT2D eigenvalue weighted by atomic mass is 10.3. The Balaban J connectivity index is 1.92. The average molecular weight is 326 g/mol. The SMILES string of the molecule is Cc1nc(Cc2nnc(S[C@@H](C)C(=O)NC(C)C)o2)cs1. The number of aromatic nitrogens is 3. The summed E-state index contributed by atoms with van der Waals surface area (Å²) in [4.78, 5) is 16.2. The van der Waals surface area contributed by atoms with E-state index in [1.54, 1.807) is 11.3 Å². The lowest BCUT2D eigenvalue weighted by Gasteiger charge is -2.12. The molecule has 21 heavy (non-hydrogen) atoms. The van der Waals surface area contributed by atoms with Gasteiger partial charge in [0.15, 0.2) is 0 Å². The number of amides is 1. The van der Waals surface area contributed by atoms with Crippen LogP contribution in [-0.2, 0) is 11.2 Å².